The van der Waals surface area contributed by atoms with E-state index in [0.717, 1.165) is 5.75 Å². The van der Waals surface area contributed by atoms with E-state index in [0.29, 0.717) is 21.8 Å². The summed E-state index contributed by atoms with van der Waals surface area (Å²) in [5.74, 6) is 0.577. The molecule has 0 heterocycles. The number of ketones is 1. The number of benzene rings is 2. The number of ether oxygens (including phenoxy) is 1. The van der Waals surface area contributed by atoms with Crippen molar-refractivity contribution < 1.29 is 9.53 Å². The first-order valence-electron chi connectivity index (χ1n) is 6.34. The highest BCUT2D eigenvalue weighted by Crippen LogP contribution is 2.26. The highest BCUT2D eigenvalue weighted by Gasteiger charge is 2.14. The summed E-state index contributed by atoms with van der Waals surface area (Å²) in [6.07, 6.45) is 0.0971. The van der Waals surface area contributed by atoms with Gasteiger partial charge in [-0.25, -0.2) is 0 Å². The Morgan fingerprint density at radius 1 is 1.15 bits per heavy atom. The van der Waals surface area contributed by atoms with Crippen LogP contribution in [0.25, 0.3) is 0 Å². The van der Waals surface area contributed by atoms with Crippen LogP contribution < -0.4 is 10.5 Å². The van der Waals surface area contributed by atoms with Crippen molar-refractivity contribution in [2.24, 2.45) is 0 Å². The van der Waals surface area contributed by atoms with E-state index in [9.17, 15) is 4.79 Å². The normalized spacial score (nSPS) is 10.6. The van der Waals surface area contributed by atoms with Gasteiger partial charge < -0.3 is 10.5 Å². The Morgan fingerprint density at radius 3 is 2.40 bits per heavy atom. The zero-order valence-electron chi connectivity index (χ0n) is 11.4. The summed E-state index contributed by atoms with van der Waals surface area (Å²) < 4.78 is 5.54. The highest BCUT2D eigenvalue weighted by molar-refractivity contribution is 6.37. The SMILES string of the molecule is CC(C)Oc1ccc(C(=O)c2cccc(N)c2Cl)cc1. The van der Waals surface area contributed by atoms with Crippen LogP contribution in [0.4, 0.5) is 5.69 Å². The summed E-state index contributed by atoms with van der Waals surface area (Å²) in [7, 11) is 0. The van der Waals surface area contributed by atoms with Gasteiger partial charge in [-0.1, -0.05) is 17.7 Å². The number of nitrogens with two attached hydrogens (primary N) is 1. The molecule has 0 aliphatic heterocycles. The lowest BCUT2D eigenvalue weighted by atomic mass is 10.0. The molecule has 0 aliphatic rings. The highest BCUT2D eigenvalue weighted by atomic mass is 35.5. The summed E-state index contributed by atoms with van der Waals surface area (Å²) in [5, 5.41) is 0.292. The van der Waals surface area contributed by atoms with Crippen molar-refractivity contribution in [1.82, 2.24) is 0 Å². The third-order valence-electron chi connectivity index (χ3n) is 2.76. The largest absolute Gasteiger partial charge is 0.491 e. The third kappa shape index (κ3) is 3.11. The first kappa shape index (κ1) is 14.4. The summed E-state index contributed by atoms with van der Waals surface area (Å²) >= 11 is 6.07. The van der Waals surface area contributed by atoms with Crippen molar-refractivity contribution in [3.63, 3.8) is 0 Å². The van der Waals surface area contributed by atoms with Gasteiger partial charge in [0.15, 0.2) is 5.78 Å². The minimum Gasteiger partial charge on any atom is -0.491 e. The molecule has 2 aromatic rings. The van der Waals surface area contributed by atoms with Crippen LogP contribution in [0.1, 0.15) is 29.8 Å². The van der Waals surface area contributed by atoms with Crippen molar-refractivity contribution >= 4 is 23.1 Å². The van der Waals surface area contributed by atoms with E-state index < -0.39 is 0 Å². The number of halogens is 1. The standard InChI is InChI=1S/C16H16ClNO2/c1-10(2)20-12-8-6-11(7-9-12)16(19)13-4-3-5-14(18)15(13)17/h3-10H,18H2,1-2H3. The molecule has 0 aromatic heterocycles. The second-order valence-corrected chi connectivity index (χ2v) is 5.11. The van der Waals surface area contributed by atoms with Gasteiger partial charge in [0.25, 0.3) is 0 Å². The molecular weight excluding hydrogens is 274 g/mol. The number of anilines is 1. The predicted molar refractivity (Wildman–Crippen MR) is 81.5 cm³/mol. The molecule has 0 bridgehead atoms. The van der Waals surface area contributed by atoms with Crippen molar-refractivity contribution in [1.29, 1.82) is 0 Å². The first-order chi connectivity index (χ1) is 9.49. The zero-order chi connectivity index (χ0) is 14.7. The van der Waals surface area contributed by atoms with Gasteiger partial charge in [-0.2, -0.15) is 0 Å². The van der Waals surface area contributed by atoms with Crippen LogP contribution in [0, 0.1) is 0 Å². The molecule has 2 rings (SSSR count). The maximum Gasteiger partial charge on any atom is 0.194 e. The third-order valence-corrected chi connectivity index (χ3v) is 3.18. The Hall–Kier alpha value is -2.00. The number of hydrogen-bond donors (Lipinski definition) is 1. The van der Waals surface area contributed by atoms with Gasteiger partial charge in [-0.3, -0.25) is 4.79 Å². The molecule has 0 fully saturated rings. The lowest BCUT2D eigenvalue weighted by molar-refractivity contribution is 0.103. The quantitative estimate of drug-likeness (QED) is 0.685. The molecule has 0 saturated heterocycles. The van der Waals surface area contributed by atoms with E-state index in [-0.39, 0.29) is 11.9 Å². The van der Waals surface area contributed by atoms with Crippen molar-refractivity contribution in [3.8, 4) is 5.75 Å². The topological polar surface area (TPSA) is 52.3 Å². The van der Waals surface area contributed by atoms with Crippen molar-refractivity contribution in [2.75, 3.05) is 5.73 Å². The molecule has 20 heavy (non-hydrogen) atoms. The molecule has 0 aliphatic carbocycles. The molecule has 0 saturated carbocycles. The van der Waals surface area contributed by atoms with Crippen LogP contribution in [0.5, 0.6) is 5.75 Å². The zero-order valence-corrected chi connectivity index (χ0v) is 12.1. The van der Waals surface area contributed by atoms with Crippen LogP contribution in [-0.4, -0.2) is 11.9 Å². The molecule has 0 radical (unpaired) electrons. The summed E-state index contributed by atoms with van der Waals surface area (Å²) in [4.78, 5) is 12.4. The van der Waals surface area contributed by atoms with E-state index in [2.05, 4.69) is 0 Å². The van der Waals surface area contributed by atoms with Crippen LogP contribution >= 0.6 is 11.6 Å². The van der Waals surface area contributed by atoms with Gasteiger partial charge in [0, 0.05) is 11.1 Å². The van der Waals surface area contributed by atoms with E-state index in [1.807, 2.05) is 13.8 Å². The average molecular weight is 290 g/mol. The molecule has 3 nitrogen and oxygen atoms in total. The fourth-order valence-electron chi connectivity index (χ4n) is 1.84. The number of nitrogen functional groups attached to an aromatic ring is 1. The molecule has 0 amide bonds. The molecule has 2 N–H and O–H groups in total. The van der Waals surface area contributed by atoms with Gasteiger partial charge in [-0.05, 0) is 50.2 Å². The number of carbonyl (C=O) groups is 1. The fraction of sp³-hybridized carbons (Fsp3) is 0.188. The smallest absolute Gasteiger partial charge is 0.194 e. The Bertz CT molecular complexity index is 621. The lowest BCUT2D eigenvalue weighted by Gasteiger charge is -2.10. The van der Waals surface area contributed by atoms with Gasteiger partial charge in [0.1, 0.15) is 5.75 Å². The Balaban J connectivity index is 2.27. The van der Waals surface area contributed by atoms with Crippen LogP contribution in [-0.2, 0) is 0 Å². The average Bonchev–Trinajstić information content (AvgIpc) is 2.41. The lowest BCUT2D eigenvalue weighted by Crippen LogP contribution is -2.06. The second-order valence-electron chi connectivity index (χ2n) is 4.73. The van der Waals surface area contributed by atoms with Crippen LogP contribution in [0.15, 0.2) is 42.5 Å². The molecule has 0 atom stereocenters. The number of hydrogen-bond acceptors (Lipinski definition) is 3. The van der Waals surface area contributed by atoms with Gasteiger partial charge in [-0.15, -0.1) is 0 Å². The summed E-state index contributed by atoms with van der Waals surface area (Å²) in [6, 6.07) is 12.0. The molecule has 4 heteroatoms. The van der Waals surface area contributed by atoms with Gasteiger partial charge >= 0.3 is 0 Å². The fourth-order valence-corrected chi connectivity index (χ4v) is 2.05. The Labute approximate surface area is 123 Å². The number of rotatable bonds is 4. The molecular formula is C16H16ClNO2. The maximum atomic E-state index is 12.4. The van der Waals surface area contributed by atoms with Crippen LogP contribution in [0.2, 0.25) is 5.02 Å². The van der Waals surface area contributed by atoms with Gasteiger partial charge in [0.2, 0.25) is 0 Å². The monoisotopic (exact) mass is 289 g/mol. The number of carbonyl (C=O) groups excluding carboxylic acids is 1. The minimum absolute atomic E-state index is 0.0971. The second kappa shape index (κ2) is 5.97. The first-order valence-corrected chi connectivity index (χ1v) is 6.72. The van der Waals surface area contributed by atoms with E-state index in [1.165, 1.54) is 0 Å². The van der Waals surface area contributed by atoms with Crippen molar-refractivity contribution in [2.45, 2.75) is 20.0 Å². The summed E-state index contributed by atoms with van der Waals surface area (Å²) in [5.41, 5.74) is 7.07. The molecule has 0 spiro atoms. The Kier molecular flexibility index (Phi) is 4.30. The Morgan fingerprint density at radius 2 is 1.80 bits per heavy atom. The van der Waals surface area contributed by atoms with Gasteiger partial charge in [0.05, 0.1) is 16.8 Å². The minimum atomic E-state index is -0.154. The van der Waals surface area contributed by atoms with E-state index >= 15 is 0 Å². The predicted octanol–water partition coefficient (Wildman–Crippen LogP) is 3.94. The molecule has 2 aromatic carbocycles. The molecule has 104 valence electrons. The molecule has 0 unspecified atom stereocenters. The maximum absolute atomic E-state index is 12.4. The van der Waals surface area contributed by atoms with Crippen molar-refractivity contribution in [3.05, 3.63) is 58.6 Å². The van der Waals surface area contributed by atoms with E-state index in [1.54, 1.807) is 42.5 Å². The van der Waals surface area contributed by atoms with Crippen LogP contribution in [0.3, 0.4) is 0 Å². The summed E-state index contributed by atoms with van der Waals surface area (Å²) in [6.45, 7) is 3.90. The van der Waals surface area contributed by atoms with E-state index in [4.69, 9.17) is 22.1 Å².